The molecule has 3 rings (SSSR count). The minimum Gasteiger partial charge on any atom is -0.267 e. The zero-order chi connectivity index (χ0) is 17.2. The minimum atomic E-state index is -3.86. The first-order valence-electron chi connectivity index (χ1n) is 7.01. The van der Waals surface area contributed by atoms with Gasteiger partial charge in [0, 0.05) is 13.2 Å². The van der Waals surface area contributed by atoms with Gasteiger partial charge in [-0.2, -0.15) is 15.5 Å². The molecule has 1 N–H and O–H groups in total. The fourth-order valence-electron chi connectivity index (χ4n) is 2.17. The van der Waals surface area contributed by atoms with E-state index in [1.165, 1.54) is 23.3 Å². The first kappa shape index (κ1) is 15.8. The lowest BCUT2D eigenvalue weighted by molar-refractivity contribution is 0.599. The molecular formula is C15H14N6O2S. The highest BCUT2D eigenvalue weighted by Crippen LogP contribution is 2.18. The second-order valence-corrected chi connectivity index (χ2v) is 6.79. The summed E-state index contributed by atoms with van der Waals surface area (Å²) in [5, 5.41) is 17.0. The molecule has 0 saturated carbocycles. The molecule has 8 nitrogen and oxygen atoms in total. The summed E-state index contributed by atoms with van der Waals surface area (Å²) in [7, 11) is -2.30. The van der Waals surface area contributed by atoms with Gasteiger partial charge in [0.2, 0.25) is 0 Å². The molecule has 0 aliphatic heterocycles. The largest absolute Gasteiger partial charge is 0.267 e. The molecular weight excluding hydrogens is 328 g/mol. The quantitative estimate of drug-likeness (QED) is 0.753. The molecule has 3 aromatic rings. The fraction of sp³-hybridized carbons (Fsp3) is 0.133. The van der Waals surface area contributed by atoms with Crippen LogP contribution in [0.3, 0.4) is 0 Å². The van der Waals surface area contributed by atoms with Gasteiger partial charge in [-0.1, -0.05) is 30.3 Å². The Hall–Kier alpha value is -3.12. The van der Waals surface area contributed by atoms with Crippen LogP contribution < -0.4 is 4.72 Å². The summed E-state index contributed by atoms with van der Waals surface area (Å²) in [5.74, 6) is 0.119. The Bertz CT molecular complexity index is 998. The number of hydrogen-bond donors (Lipinski definition) is 1. The van der Waals surface area contributed by atoms with E-state index in [0.717, 1.165) is 5.56 Å². The zero-order valence-electron chi connectivity index (χ0n) is 12.8. The number of nitrogens with one attached hydrogen (secondary N) is 1. The zero-order valence-corrected chi connectivity index (χ0v) is 13.6. The van der Waals surface area contributed by atoms with Crippen LogP contribution in [0.15, 0.2) is 53.8 Å². The van der Waals surface area contributed by atoms with E-state index in [1.54, 1.807) is 11.7 Å². The van der Waals surface area contributed by atoms with Gasteiger partial charge in [-0.15, -0.1) is 0 Å². The number of anilines is 1. The molecule has 0 fully saturated rings. The molecule has 9 heteroatoms. The predicted octanol–water partition coefficient (Wildman–Crippen LogP) is 1.34. The van der Waals surface area contributed by atoms with Crippen molar-refractivity contribution in [1.29, 1.82) is 5.26 Å². The SMILES string of the molecule is Cn1ncc(C#N)c1NS(=O)(=O)c1cnn(Cc2ccccc2)c1. The molecule has 0 aliphatic carbocycles. The second kappa shape index (κ2) is 6.17. The first-order chi connectivity index (χ1) is 11.5. The molecule has 0 spiro atoms. The van der Waals surface area contributed by atoms with Crippen LogP contribution in [0.1, 0.15) is 11.1 Å². The topological polar surface area (TPSA) is 106 Å². The maximum absolute atomic E-state index is 12.5. The van der Waals surface area contributed by atoms with Gasteiger partial charge >= 0.3 is 0 Å². The molecule has 0 bridgehead atoms. The monoisotopic (exact) mass is 342 g/mol. The third kappa shape index (κ3) is 3.13. The summed E-state index contributed by atoms with van der Waals surface area (Å²) in [6, 6.07) is 11.5. The maximum Gasteiger partial charge on any atom is 0.266 e. The molecule has 0 unspecified atom stereocenters. The summed E-state index contributed by atoms with van der Waals surface area (Å²) in [6.07, 6.45) is 4.02. The number of nitriles is 1. The minimum absolute atomic E-state index is 0.0171. The molecule has 0 aliphatic rings. The number of aryl methyl sites for hydroxylation is 1. The van der Waals surface area contributed by atoms with Crippen molar-refractivity contribution in [2.45, 2.75) is 11.4 Å². The number of nitrogens with zero attached hydrogens (tertiary/aromatic N) is 5. The van der Waals surface area contributed by atoms with E-state index >= 15 is 0 Å². The molecule has 0 radical (unpaired) electrons. The van der Waals surface area contributed by atoms with Crippen LogP contribution in [0.5, 0.6) is 0 Å². The summed E-state index contributed by atoms with van der Waals surface area (Å²) in [5.41, 5.74) is 1.16. The Balaban J connectivity index is 1.83. The summed E-state index contributed by atoms with van der Waals surface area (Å²) >= 11 is 0. The normalized spacial score (nSPS) is 11.2. The Labute approximate surface area is 139 Å². The van der Waals surface area contributed by atoms with Gasteiger partial charge in [-0.25, -0.2) is 8.42 Å². The lowest BCUT2D eigenvalue weighted by Crippen LogP contribution is -2.15. The van der Waals surface area contributed by atoms with Crippen LogP contribution in [0.4, 0.5) is 5.82 Å². The van der Waals surface area contributed by atoms with Crippen molar-refractivity contribution in [1.82, 2.24) is 19.6 Å². The predicted molar refractivity (Wildman–Crippen MR) is 86.5 cm³/mol. The lowest BCUT2D eigenvalue weighted by Gasteiger charge is -2.06. The molecule has 0 saturated heterocycles. The summed E-state index contributed by atoms with van der Waals surface area (Å²) in [4.78, 5) is 0.0171. The number of aromatic nitrogens is 4. The lowest BCUT2D eigenvalue weighted by atomic mass is 10.2. The van der Waals surface area contributed by atoms with E-state index in [0.29, 0.717) is 6.54 Å². The van der Waals surface area contributed by atoms with Gasteiger partial charge in [-0.3, -0.25) is 14.1 Å². The van der Waals surface area contributed by atoms with E-state index in [9.17, 15) is 8.42 Å². The number of rotatable bonds is 5. The van der Waals surface area contributed by atoms with Crippen LogP contribution >= 0.6 is 0 Å². The van der Waals surface area contributed by atoms with Gasteiger partial charge in [0.15, 0.2) is 5.82 Å². The van der Waals surface area contributed by atoms with Crippen molar-refractivity contribution in [3.63, 3.8) is 0 Å². The van der Waals surface area contributed by atoms with Gasteiger partial charge in [-0.05, 0) is 5.56 Å². The Kier molecular flexibility index (Phi) is 4.05. The standard InChI is InChI=1S/C15H14N6O2S/c1-20-15(13(7-16)8-17-20)19-24(22,23)14-9-18-21(11-14)10-12-5-3-2-4-6-12/h2-6,8-9,11,19H,10H2,1H3. The van der Waals surface area contributed by atoms with E-state index in [-0.39, 0.29) is 16.3 Å². The van der Waals surface area contributed by atoms with E-state index in [4.69, 9.17) is 5.26 Å². The van der Waals surface area contributed by atoms with Gasteiger partial charge < -0.3 is 0 Å². The average Bonchev–Trinajstić information content (AvgIpc) is 3.16. The van der Waals surface area contributed by atoms with Gasteiger partial charge in [0.25, 0.3) is 10.0 Å². The van der Waals surface area contributed by atoms with Gasteiger partial charge in [0.05, 0.1) is 18.9 Å². The van der Waals surface area contributed by atoms with E-state index < -0.39 is 10.0 Å². The van der Waals surface area contributed by atoms with Crippen molar-refractivity contribution in [2.24, 2.45) is 7.05 Å². The van der Waals surface area contributed by atoms with Crippen molar-refractivity contribution in [3.05, 3.63) is 60.0 Å². The first-order valence-corrected chi connectivity index (χ1v) is 8.49. The van der Waals surface area contributed by atoms with Crippen LogP contribution in [-0.4, -0.2) is 28.0 Å². The van der Waals surface area contributed by atoms with Crippen LogP contribution in [0, 0.1) is 11.3 Å². The molecule has 122 valence electrons. The molecule has 0 amide bonds. The summed E-state index contributed by atoms with van der Waals surface area (Å²) in [6.45, 7) is 0.464. The Morgan fingerprint density at radius 2 is 1.96 bits per heavy atom. The van der Waals surface area contributed by atoms with E-state index in [1.807, 2.05) is 36.4 Å². The Morgan fingerprint density at radius 1 is 1.21 bits per heavy atom. The van der Waals surface area contributed by atoms with Crippen molar-refractivity contribution < 1.29 is 8.42 Å². The highest BCUT2D eigenvalue weighted by Gasteiger charge is 2.20. The third-order valence-electron chi connectivity index (χ3n) is 3.40. The van der Waals surface area contributed by atoms with Crippen molar-refractivity contribution >= 4 is 15.8 Å². The fourth-order valence-corrected chi connectivity index (χ4v) is 3.23. The number of hydrogen-bond acceptors (Lipinski definition) is 5. The molecule has 1 aromatic carbocycles. The summed E-state index contributed by atoms with van der Waals surface area (Å²) < 4.78 is 30.2. The van der Waals surface area contributed by atoms with Crippen molar-refractivity contribution in [2.75, 3.05) is 4.72 Å². The molecule has 2 heterocycles. The number of sulfonamides is 1. The smallest absolute Gasteiger partial charge is 0.266 e. The maximum atomic E-state index is 12.5. The van der Waals surface area contributed by atoms with Gasteiger partial charge in [0.1, 0.15) is 16.5 Å². The third-order valence-corrected chi connectivity index (χ3v) is 4.69. The second-order valence-electron chi connectivity index (χ2n) is 5.11. The highest BCUT2D eigenvalue weighted by molar-refractivity contribution is 7.92. The van der Waals surface area contributed by atoms with Crippen molar-refractivity contribution in [3.8, 4) is 6.07 Å². The van der Waals surface area contributed by atoms with Crippen LogP contribution in [0.25, 0.3) is 0 Å². The molecule has 24 heavy (non-hydrogen) atoms. The highest BCUT2D eigenvalue weighted by atomic mass is 32.2. The molecule has 0 atom stereocenters. The average molecular weight is 342 g/mol. The van der Waals surface area contributed by atoms with E-state index in [2.05, 4.69) is 14.9 Å². The number of benzene rings is 1. The molecule has 2 aromatic heterocycles. The Morgan fingerprint density at radius 3 is 2.67 bits per heavy atom. The van der Waals surface area contributed by atoms with Crippen LogP contribution in [0.2, 0.25) is 0 Å². The van der Waals surface area contributed by atoms with Crippen LogP contribution in [-0.2, 0) is 23.6 Å².